The van der Waals surface area contributed by atoms with Gasteiger partial charge in [-0.15, -0.1) is 0 Å². The molecule has 0 aliphatic heterocycles. The number of hydrogen-bond donors (Lipinski definition) is 3. The van der Waals surface area contributed by atoms with E-state index in [0.717, 1.165) is 0 Å². The van der Waals surface area contributed by atoms with Gasteiger partial charge in [0, 0.05) is 11.8 Å². The van der Waals surface area contributed by atoms with Gasteiger partial charge < -0.3 is 19.9 Å². The smallest absolute Gasteiger partial charge is 0.280 e. The quantitative estimate of drug-likeness (QED) is 0.481. The molecule has 2 amide bonds. The molecule has 170 valence electrons. The summed E-state index contributed by atoms with van der Waals surface area (Å²) in [7, 11) is 0.677. The normalized spacial score (nSPS) is 12.6. The van der Waals surface area contributed by atoms with Crippen molar-refractivity contribution in [3.63, 3.8) is 0 Å². The van der Waals surface area contributed by atoms with E-state index in [2.05, 4.69) is 34.6 Å². The van der Waals surface area contributed by atoms with Crippen molar-refractivity contribution < 1.29 is 18.8 Å². The van der Waals surface area contributed by atoms with E-state index in [1.807, 2.05) is 24.3 Å². The first-order valence-electron chi connectivity index (χ1n) is 9.86. The molecule has 3 N–H and O–H groups in total. The van der Waals surface area contributed by atoms with Gasteiger partial charge in [-0.3, -0.25) is 14.4 Å². The predicted octanol–water partition coefficient (Wildman–Crippen LogP) is 3.07. The highest BCUT2D eigenvalue weighted by atomic mass is 32.3. The summed E-state index contributed by atoms with van der Waals surface area (Å²) in [5, 5.41) is 7.73. The average Bonchev–Trinajstić information content (AvgIpc) is 3.16. The fourth-order valence-electron chi connectivity index (χ4n) is 3.04. The number of carbonyl (C=O) groups is 2. The molecule has 3 aromatic rings. The lowest BCUT2D eigenvalue weighted by atomic mass is 10.1. The average molecular weight is 458 g/mol. The third kappa shape index (κ3) is 6.04. The standard InChI is InChI=1S/C23H27N3O5S/c1-30-17-9-5-15(6-10-17)22(25-20(27)13-18-14-21(28)26-31-18)23(29)24-16-7-11-19(12-8-16)32(2,3)4/h5-12,14,22H,13H2,1-4H3,(H,24,29)(H,25,27)(H,26,28). The van der Waals surface area contributed by atoms with Crippen LogP contribution in [-0.4, -0.2) is 42.8 Å². The van der Waals surface area contributed by atoms with Gasteiger partial charge in [-0.05, 0) is 65.6 Å². The van der Waals surface area contributed by atoms with Crippen LogP contribution in [0, 0.1) is 0 Å². The number of hydrogen-bond acceptors (Lipinski definition) is 5. The number of rotatable bonds is 8. The van der Waals surface area contributed by atoms with E-state index in [9.17, 15) is 14.4 Å². The lowest BCUT2D eigenvalue weighted by Crippen LogP contribution is -2.37. The second-order valence-corrected chi connectivity index (χ2v) is 12.1. The highest BCUT2D eigenvalue weighted by Crippen LogP contribution is 2.45. The summed E-state index contributed by atoms with van der Waals surface area (Å²) < 4.78 is 10.1. The third-order valence-electron chi connectivity index (χ3n) is 4.76. The fraction of sp³-hybridized carbons (Fsp3) is 0.261. The molecule has 32 heavy (non-hydrogen) atoms. The van der Waals surface area contributed by atoms with Crippen LogP contribution in [0.25, 0.3) is 0 Å². The number of aromatic amines is 1. The number of benzene rings is 2. The van der Waals surface area contributed by atoms with Crippen LogP contribution >= 0.6 is 10.0 Å². The van der Waals surface area contributed by atoms with Gasteiger partial charge in [0.2, 0.25) is 5.91 Å². The second kappa shape index (κ2) is 9.78. The van der Waals surface area contributed by atoms with Crippen molar-refractivity contribution in [1.82, 2.24) is 10.5 Å². The summed E-state index contributed by atoms with van der Waals surface area (Å²) in [5.74, 6) is -0.0412. The van der Waals surface area contributed by atoms with Gasteiger partial charge in [-0.25, -0.2) is 10.0 Å². The Morgan fingerprint density at radius 1 is 1.06 bits per heavy atom. The first-order chi connectivity index (χ1) is 15.2. The molecule has 2 aromatic carbocycles. The Bertz CT molecular complexity index is 1130. The van der Waals surface area contributed by atoms with Crippen LogP contribution in [-0.2, 0) is 16.0 Å². The number of amides is 2. The largest absolute Gasteiger partial charge is 0.497 e. The molecule has 0 saturated heterocycles. The highest BCUT2D eigenvalue weighted by Gasteiger charge is 2.24. The minimum Gasteiger partial charge on any atom is -0.497 e. The number of methoxy groups -OCH3 is 1. The van der Waals surface area contributed by atoms with Crippen LogP contribution in [0.5, 0.6) is 5.75 Å². The maximum atomic E-state index is 13.1. The highest BCUT2D eigenvalue weighted by molar-refractivity contribution is 8.32. The molecule has 1 atom stereocenters. The molecular formula is C23H27N3O5S. The number of anilines is 1. The Hall–Kier alpha value is -3.46. The molecule has 1 heterocycles. The Kier molecular flexibility index (Phi) is 7.09. The molecule has 0 fully saturated rings. The van der Waals surface area contributed by atoms with Gasteiger partial charge in [-0.1, -0.05) is 12.1 Å². The van der Waals surface area contributed by atoms with Crippen LogP contribution in [0.2, 0.25) is 0 Å². The zero-order valence-corrected chi connectivity index (χ0v) is 19.2. The van der Waals surface area contributed by atoms with Crippen LogP contribution in [0.1, 0.15) is 17.4 Å². The fourth-order valence-corrected chi connectivity index (χ4v) is 3.99. The zero-order valence-electron chi connectivity index (χ0n) is 18.4. The van der Waals surface area contributed by atoms with Crippen molar-refractivity contribution in [2.24, 2.45) is 0 Å². The van der Waals surface area contributed by atoms with Gasteiger partial charge >= 0.3 is 0 Å². The Balaban J connectivity index is 1.79. The Labute approximate surface area is 187 Å². The molecule has 8 nitrogen and oxygen atoms in total. The van der Waals surface area contributed by atoms with E-state index in [4.69, 9.17) is 9.26 Å². The molecule has 0 aliphatic carbocycles. The second-order valence-electron chi connectivity index (χ2n) is 7.98. The molecule has 0 radical (unpaired) electrons. The maximum Gasteiger partial charge on any atom is 0.280 e. The number of H-pyrrole nitrogens is 1. The first kappa shape index (κ1) is 23.2. The molecule has 9 heteroatoms. The van der Waals surface area contributed by atoms with Crippen LogP contribution in [0.3, 0.4) is 0 Å². The molecule has 0 bridgehead atoms. The lowest BCUT2D eigenvalue weighted by Gasteiger charge is -2.26. The minimum absolute atomic E-state index is 0.179. The summed E-state index contributed by atoms with van der Waals surface area (Å²) in [6, 6.07) is 14.8. The van der Waals surface area contributed by atoms with Crippen molar-refractivity contribution in [2.45, 2.75) is 17.4 Å². The maximum absolute atomic E-state index is 13.1. The van der Waals surface area contributed by atoms with Crippen molar-refractivity contribution in [2.75, 3.05) is 31.2 Å². The van der Waals surface area contributed by atoms with Crippen molar-refractivity contribution >= 4 is 27.5 Å². The monoisotopic (exact) mass is 457 g/mol. The summed E-state index contributed by atoms with van der Waals surface area (Å²) in [6.45, 7) is 0. The third-order valence-corrected chi connectivity index (χ3v) is 6.44. The van der Waals surface area contributed by atoms with Crippen molar-refractivity contribution in [3.8, 4) is 5.75 Å². The summed E-state index contributed by atoms with van der Waals surface area (Å²) >= 11 is 0. The minimum atomic E-state index is -0.952. The Morgan fingerprint density at radius 3 is 2.25 bits per heavy atom. The number of nitrogens with one attached hydrogen (secondary N) is 3. The van der Waals surface area contributed by atoms with E-state index in [1.165, 1.54) is 11.0 Å². The van der Waals surface area contributed by atoms with Crippen LogP contribution < -0.4 is 20.9 Å². The van der Waals surface area contributed by atoms with Gasteiger partial charge in [0.05, 0.1) is 13.5 Å². The molecule has 0 spiro atoms. The van der Waals surface area contributed by atoms with E-state index in [1.54, 1.807) is 31.4 Å². The first-order valence-corrected chi connectivity index (χ1v) is 12.7. The molecular weight excluding hydrogens is 430 g/mol. The summed E-state index contributed by atoms with van der Waals surface area (Å²) in [5.41, 5.74) is 0.785. The summed E-state index contributed by atoms with van der Waals surface area (Å²) in [6.07, 6.45) is 6.41. The van der Waals surface area contributed by atoms with Gasteiger partial charge in [0.25, 0.3) is 11.5 Å². The molecule has 0 aliphatic rings. The van der Waals surface area contributed by atoms with Crippen LogP contribution in [0.4, 0.5) is 5.69 Å². The predicted molar refractivity (Wildman–Crippen MR) is 126 cm³/mol. The lowest BCUT2D eigenvalue weighted by molar-refractivity contribution is -0.126. The van der Waals surface area contributed by atoms with E-state index in [0.29, 0.717) is 17.0 Å². The SMILES string of the molecule is COc1ccc(C(NC(=O)Cc2cc(=O)[nH]o2)C(=O)Nc2ccc(S(C)(C)C)cc2)cc1. The number of carbonyl (C=O) groups excluding carboxylic acids is 2. The topological polar surface area (TPSA) is 113 Å². The number of ether oxygens (including phenoxy) is 1. The Morgan fingerprint density at radius 2 is 1.72 bits per heavy atom. The molecule has 1 unspecified atom stereocenters. The number of aromatic nitrogens is 1. The van der Waals surface area contributed by atoms with Gasteiger partial charge in [0.15, 0.2) is 0 Å². The molecule has 3 rings (SSSR count). The van der Waals surface area contributed by atoms with Crippen LogP contribution in [0.15, 0.2) is 68.8 Å². The van der Waals surface area contributed by atoms with E-state index >= 15 is 0 Å². The van der Waals surface area contributed by atoms with Gasteiger partial charge in [0.1, 0.15) is 17.6 Å². The van der Waals surface area contributed by atoms with Crippen molar-refractivity contribution in [1.29, 1.82) is 0 Å². The van der Waals surface area contributed by atoms with Gasteiger partial charge in [-0.2, -0.15) is 5.16 Å². The molecule has 1 aromatic heterocycles. The molecule has 0 saturated carbocycles. The van der Waals surface area contributed by atoms with E-state index in [-0.39, 0.29) is 12.2 Å². The van der Waals surface area contributed by atoms with E-state index < -0.39 is 33.4 Å². The summed E-state index contributed by atoms with van der Waals surface area (Å²) in [4.78, 5) is 38.1. The van der Waals surface area contributed by atoms with Crippen molar-refractivity contribution in [3.05, 3.63) is 76.3 Å². The zero-order chi connectivity index (χ0) is 23.3.